The van der Waals surface area contributed by atoms with Crippen LogP contribution >= 0.6 is 11.8 Å². The number of aromatic nitrogens is 1. The fourth-order valence-electron chi connectivity index (χ4n) is 1.31. The van der Waals surface area contributed by atoms with Crippen LogP contribution in [0.15, 0.2) is 15.7 Å². The average molecular weight is 240 g/mol. The lowest BCUT2D eigenvalue weighted by Crippen LogP contribution is -2.33. The number of hydrogen-bond acceptors (Lipinski definition) is 5. The number of carboxylic acids is 1. The summed E-state index contributed by atoms with van der Waals surface area (Å²) in [6.07, 6.45) is 2.24. The Morgan fingerprint density at radius 1 is 1.75 bits per heavy atom. The molecule has 0 spiro atoms. The van der Waals surface area contributed by atoms with E-state index in [0.717, 1.165) is 0 Å². The molecule has 0 aliphatic carbocycles. The summed E-state index contributed by atoms with van der Waals surface area (Å²) >= 11 is 1.40. The first-order chi connectivity index (χ1) is 7.55. The lowest BCUT2D eigenvalue weighted by Gasteiger charge is -2.11. The largest absolute Gasteiger partial charge is 0.479 e. The molecule has 6 heteroatoms. The van der Waals surface area contributed by atoms with E-state index in [9.17, 15) is 4.79 Å². The zero-order valence-electron chi connectivity index (χ0n) is 9.06. The van der Waals surface area contributed by atoms with Gasteiger partial charge in [0.15, 0.2) is 11.4 Å². The highest BCUT2D eigenvalue weighted by molar-refractivity contribution is 8.14. The zero-order chi connectivity index (χ0) is 11.8. The van der Waals surface area contributed by atoms with Crippen LogP contribution in [0.3, 0.4) is 0 Å². The van der Waals surface area contributed by atoms with Crippen LogP contribution in [0.5, 0.6) is 0 Å². The van der Waals surface area contributed by atoms with Crippen molar-refractivity contribution >= 4 is 22.8 Å². The molecule has 5 nitrogen and oxygen atoms in total. The molecule has 0 saturated carbocycles. The van der Waals surface area contributed by atoms with Crippen molar-refractivity contribution in [2.24, 2.45) is 4.99 Å². The van der Waals surface area contributed by atoms with Crippen LogP contribution in [0.2, 0.25) is 0 Å². The number of carboxylic acid groups (broad SMARTS) is 1. The number of aliphatic carboxylic acids is 1. The average Bonchev–Trinajstić information content (AvgIpc) is 2.84. The number of carbonyl (C=O) groups is 1. The molecule has 2 rings (SSSR count). The third-order valence-electron chi connectivity index (χ3n) is 2.37. The predicted octanol–water partition coefficient (Wildman–Crippen LogP) is 1.57. The molecular formula is C10H12N2O3S. The Morgan fingerprint density at radius 2 is 2.50 bits per heavy atom. The van der Waals surface area contributed by atoms with E-state index in [1.807, 2.05) is 6.92 Å². The summed E-state index contributed by atoms with van der Waals surface area (Å²) in [5.74, 6) is 0.169. The fraction of sp³-hybridized carbons (Fsp3) is 0.500. The molecular weight excluding hydrogens is 228 g/mol. The minimum absolute atomic E-state index is 0.436. The molecule has 1 aromatic heterocycles. The molecule has 2 heterocycles. The molecule has 0 fully saturated rings. The number of oxazole rings is 1. The predicted molar refractivity (Wildman–Crippen MR) is 60.9 cm³/mol. The van der Waals surface area contributed by atoms with Gasteiger partial charge in [0.2, 0.25) is 0 Å². The van der Waals surface area contributed by atoms with Crippen LogP contribution in [0.1, 0.15) is 25.4 Å². The molecule has 0 unspecified atom stereocenters. The lowest BCUT2D eigenvalue weighted by atomic mass is 10.1. The quantitative estimate of drug-likeness (QED) is 0.868. The van der Waals surface area contributed by atoms with E-state index in [1.165, 1.54) is 18.0 Å². The van der Waals surface area contributed by atoms with Gasteiger partial charge in [-0.2, -0.15) is 0 Å². The van der Waals surface area contributed by atoms with Crippen LogP contribution in [-0.2, 0) is 11.2 Å². The van der Waals surface area contributed by atoms with Crippen LogP contribution in [-0.4, -0.2) is 32.4 Å². The van der Waals surface area contributed by atoms with Gasteiger partial charge < -0.3 is 9.52 Å². The van der Waals surface area contributed by atoms with Gasteiger partial charge >= 0.3 is 5.97 Å². The smallest absolute Gasteiger partial charge is 0.332 e. The highest BCUT2D eigenvalue weighted by Crippen LogP contribution is 2.30. The zero-order valence-corrected chi connectivity index (χ0v) is 9.87. The first-order valence-electron chi connectivity index (χ1n) is 4.96. The van der Waals surface area contributed by atoms with Crippen LogP contribution in [0.25, 0.3) is 0 Å². The van der Waals surface area contributed by atoms with Gasteiger partial charge in [-0.15, -0.1) is 11.8 Å². The first-order valence-corrected chi connectivity index (χ1v) is 5.94. The maximum absolute atomic E-state index is 11.0. The normalized spacial score (nSPS) is 24.5. The molecule has 0 aromatic carbocycles. The van der Waals surface area contributed by atoms with Gasteiger partial charge in [0.1, 0.15) is 17.0 Å². The molecule has 1 atom stereocenters. The van der Waals surface area contributed by atoms with Gasteiger partial charge in [0, 0.05) is 12.2 Å². The highest BCUT2D eigenvalue weighted by atomic mass is 32.2. The molecule has 86 valence electrons. The number of aliphatic imine (C=N–C) groups is 1. The highest BCUT2D eigenvalue weighted by Gasteiger charge is 2.39. The van der Waals surface area contributed by atoms with Gasteiger partial charge in [-0.1, -0.05) is 6.92 Å². The molecule has 1 N–H and O–H groups in total. The fourth-order valence-corrected chi connectivity index (χ4v) is 2.42. The van der Waals surface area contributed by atoms with Crippen LogP contribution in [0, 0.1) is 0 Å². The summed E-state index contributed by atoms with van der Waals surface area (Å²) in [6.45, 7) is 3.55. The SMILES string of the molecule is CCc1nc(C2=N[C@](C)(C(=O)O)CS2)co1. The van der Waals surface area contributed by atoms with Crippen molar-refractivity contribution in [1.29, 1.82) is 0 Å². The molecule has 0 bridgehead atoms. The Bertz CT molecular complexity index is 455. The monoisotopic (exact) mass is 240 g/mol. The summed E-state index contributed by atoms with van der Waals surface area (Å²) in [4.78, 5) is 19.4. The van der Waals surface area contributed by atoms with Crippen molar-refractivity contribution in [3.63, 3.8) is 0 Å². The molecule has 1 aliphatic heterocycles. The van der Waals surface area contributed by atoms with Crippen molar-refractivity contribution in [2.45, 2.75) is 25.8 Å². The Kier molecular flexibility index (Phi) is 2.75. The van der Waals surface area contributed by atoms with E-state index < -0.39 is 11.5 Å². The Hall–Kier alpha value is -1.30. The first kappa shape index (κ1) is 11.2. The number of thioether (sulfide) groups is 1. The van der Waals surface area contributed by atoms with E-state index >= 15 is 0 Å². The minimum Gasteiger partial charge on any atom is -0.479 e. The number of nitrogens with zero attached hydrogens (tertiary/aromatic N) is 2. The topological polar surface area (TPSA) is 75.7 Å². The summed E-state index contributed by atoms with van der Waals surface area (Å²) in [7, 11) is 0. The van der Waals surface area contributed by atoms with Gasteiger partial charge in [0.25, 0.3) is 0 Å². The van der Waals surface area contributed by atoms with E-state index in [4.69, 9.17) is 9.52 Å². The Balaban J connectivity index is 2.27. The number of hydrogen-bond donors (Lipinski definition) is 1. The molecule has 1 aliphatic rings. The molecule has 1 aromatic rings. The third kappa shape index (κ3) is 1.84. The molecule has 16 heavy (non-hydrogen) atoms. The number of rotatable bonds is 3. The van der Waals surface area contributed by atoms with E-state index in [-0.39, 0.29) is 0 Å². The summed E-state index contributed by atoms with van der Waals surface area (Å²) in [6, 6.07) is 0. The maximum atomic E-state index is 11.0. The van der Waals surface area contributed by atoms with Crippen LogP contribution < -0.4 is 0 Å². The maximum Gasteiger partial charge on any atom is 0.332 e. The second-order valence-electron chi connectivity index (χ2n) is 3.76. The van der Waals surface area contributed by atoms with Gasteiger partial charge in [-0.05, 0) is 6.92 Å². The van der Waals surface area contributed by atoms with Crippen molar-refractivity contribution in [3.05, 3.63) is 17.8 Å². The molecule has 0 saturated heterocycles. The second kappa shape index (κ2) is 3.93. The summed E-state index contributed by atoms with van der Waals surface area (Å²) < 4.78 is 5.20. The summed E-state index contributed by atoms with van der Waals surface area (Å²) in [5.41, 5.74) is -0.405. The Morgan fingerprint density at radius 3 is 3.00 bits per heavy atom. The van der Waals surface area contributed by atoms with Crippen molar-refractivity contribution in [3.8, 4) is 0 Å². The van der Waals surface area contributed by atoms with Crippen molar-refractivity contribution in [1.82, 2.24) is 4.98 Å². The molecule has 0 radical (unpaired) electrons. The summed E-state index contributed by atoms with van der Waals surface area (Å²) in [5, 5.41) is 9.67. The van der Waals surface area contributed by atoms with E-state index in [1.54, 1.807) is 6.92 Å². The van der Waals surface area contributed by atoms with Gasteiger partial charge in [-0.25, -0.2) is 9.78 Å². The van der Waals surface area contributed by atoms with Crippen molar-refractivity contribution < 1.29 is 14.3 Å². The van der Waals surface area contributed by atoms with Crippen molar-refractivity contribution in [2.75, 3.05) is 5.75 Å². The van der Waals surface area contributed by atoms with Crippen LogP contribution in [0.4, 0.5) is 0 Å². The lowest BCUT2D eigenvalue weighted by molar-refractivity contribution is -0.141. The number of aryl methyl sites for hydroxylation is 1. The van der Waals surface area contributed by atoms with Gasteiger partial charge in [-0.3, -0.25) is 4.99 Å². The molecule has 0 amide bonds. The van der Waals surface area contributed by atoms with Gasteiger partial charge in [0.05, 0.1) is 0 Å². The minimum atomic E-state index is -1.04. The standard InChI is InChI=1S/C10H12N2O3S/c1-3-7-11-6(4-15-7)8-12-10(2,5-16-8)9(13)14/h4H,3,5H2,1-2H3,(H,13,14)/t10-/m0/s1. The third-order valence-corrected chi connectivity index (χ3v) is 3.65. The Labute approximate surface area is 97.0 Å². The second-order valence-corrected chi connectivity index (χ2v) is 4.73. The van der Waals surface area contributed by atoms with E-state index in [2.05, 4.69) is 9.98 Å². The van der Waals surface area contributed by atoms with E-state index in [0.29, 0.717) is 28.8 Å².